The smallest absolute Gasteiger partial charge is 0.338 e. The highest BCUT2D eigenvalue weighted by Gasteiger charge is 2.18. The van der Waals surface area contributed by atoms with Gasteiger partial charge in [0.1, 0.15) is 19.7 Å². The zero-order chi connectivity index (χ0) is 27.4. The van der Waals surface area contributed by atoms with Crippen molar-refractivity contribution < 1.29 is 23.5 Å². The highest BCUT2D eigenvalue weighted by atomic mass is 16.5. The van der Waals surface area contributed by atoms with Crippen LogP contribution in [0.3, 0.4) is 0 Å². The molecule has 0 amide bonds. The van der Waals surface area contributed by atoms with Crippen molar-refractivity contribution in [1.29, 1.82) is 10.5 Å². The summed E-state index contributed by atoms with van der Waals surface area (Å²) < 4.78 is 10.8. The zero-order valence-electron chi connectivity index (χ0n) is 22.8. The number of carbonyl (C=O) groups excluding carboxylic acids is 2. The number of nitrogens with zero attached hydrogens (tertiary/aromatic N) is 3. The van der Waals surface area contributed by atoms with Crippen LogP contribution in [0.2, 0.25) is 0 Å². The Morgan fingerprint density at radius 2 is 1.53 bits per heavy atom. The molecule has 0 fully saturated rings. The van der Waals surface area contributed by atoms with Gasteiger partial charge in [-0.05, 0) is 19.3 Å². The first-order valence-electron chi connectivity index (χ1n) is 12.7. The van der Waals surface area contributed by atoms with E-state index in [0.29, 0.717) is 18.8 Å². The molecule has 0 heterocycles. The molecule has 0 atom stereocenters. The number of hydrogen-bond donors (Lipinski definition) is 0. The number of ether oxygens (including phenoxy) is 2. The van der Waals surface area contributed by atoms with Crippen LogP contribution in [0, 0.1) is 34.5 Å². The molecule has 198 valence electrons. The Kier molecular flexibility index (Phi) is 17.4. The van der Waals surface area contributed by atoms with E-state index in [1.54, 1.807) is 19.1 Å². The number of unbranched alkanes of at least 4 members (excludes halogenated alkanes) is 4. The molecule has 0 aliphatic heterocycles. The van der Waals surface area contributed by atoms with E-state index in [9.17, 15) is 9.59 Å². The summed E-state index contributed by atoms with van der Waals surface area (Å²) >= 11 is 0. The Balaban J connectivity index is 0.000000681. The molecule has 0 saturated carbocycles. The van der Waals surface area contributed by atoms with Crippen LogP contribution < -0.4 is 0 Å². The summed E-state index contributed by atoms with van der Waals surface area (Å²) in [6.45, 7) is 12.1. The van der Waals surface area contributed by atoms with Gasteiger partial charge in [0.15, 0.2) is 0 Å². The largest absolute Gasteiger partial charge is 0.464 e. The first kappa shape index (κ1) is 32.8. The molecular formula is C29H44N3O4+. The van der Waals surface area contributed by atoms with E-state index in [4.69, 9.17) is 20.0 Å². The van der Waals surface area contributed by atoms with Crippen LogP contribution in [-0.2, 0) is 25.6 Å². The van der Waals surface area contributed by atoms with Gasteiger partial charge in [-0.1, -0.05) is 82.9 Å². The average Bonchev–Trinajstić information content (AvgIpc) is 2.82. The molecule has 36 heavy (non-hydrogen) atoms. The Hall–Kier alpha value is -3.16. The maximum absolute atomic E-state index is 11.3. The van der Waals surface area contributed by atoms with E-state index < -0.39 is 11.9 Å². The summed E-state index contributed by atoms with van der Waals surface area (Å²) in [6, 6.07) is 13.5. The van der Waals surface area contributed by atoms with Crippen LogP contribution in [0.15, 0.2) is 42.5 Å². The molecule has 7 heteroatoms. The molecule has 0 saturated heterocycles. The third-order valence-corrected chi connectivity index (χ3v) is 5.40. The fourth-order valence-corrected chi connectivity index (χ4v) is 3.24. The maximum atomic E-state index is 11.3. The van der Waals surface area contributed by atoms with E-state index in [-0.39, 0.29) is 5.97 Å². The van der Waals surface area contributed by atoms with E-state index in [1.165, 1.54) is 24.8 Å². The number of esters is 2. The van der Waals surface area contributed by atoms with Crippen LogP contribution in [0.5, 0.6) is 0 Å². The molecule has 1 rings (SSSR count). The van der Waals surface area contributed by atoms with Gasteiger partial charge in [0.05, 0.1) is 32.8 Å². The highest BCUT2D eigenvalue weighted by molar-refractivity contribution is 5.86. The number of likely N-dealkylation sites (N-methyl/N-ethyl adjacent to an activating group) is 1. The van der Waals surface area contributed by atoms with Crippen molar-refractivity contribution in [1.82, 2.24) is 0 Å². The Labute approximate surface area is 217 Å². The van der Waals surface area contributed by atoms with E-state index >= 15 is 0 Å². The Bertz CT molecular complexity index is 853. The van der Waals surface area contributed by atoms with Gasteiger partial charge in [-0.15, -0.1) is 0 Å². The van der Waals surface area contributed by atoms with Gasteiger partial charge in [-0.25, -0.2) is 9.59 Å². The van der Waals surface area contributed by atoms with Gasteiger partial charge in [0.25, 0.3) is 0 Å². The zero-order valence-corrected chi connectivity index (χ0v) is 22.8. The minimum Gasteiger partial charge on any atom is -0.464 e. The van der Waals surface area contributed by atoms with E-state index in [0.717, 1.165) is 42.8 Å². The lowest BCUT2D eigenvalue weighted by Gasteiger charge is -2.29. The second kappa shape index (κ2) is 19.1. The minimum atomic E-state index is -1.28. The Morgan fingerprint density at radius 3 is 2.08 bits per heavy atom. The second-order valence-corrected chi connectivity index (χ2v) is 10.0. The van der Waals surface area contributed by atoms with Crippen LogP contribution >= 0.6 is 0 Å². The quantitative estimate of drug-likeness (QED) is 0.136. The standard InChI is InChI=1S/C15H22NO2.C14H22N2O2/c1-13(2)15(17)18-11-10-16(3,4)12-14-8-6-5-7-9-14;1-12(2)8-6-4-3-5-7-9-18-14(17)13(10-15)11-16/h5-9H,1,10-12H2,2-4H3;12-13H,3-9H2,1-2H3/q+1;. The fourth-order valence-electron chi connectivity index (χ4n) is 3.24. The molecule has 0 N–H and O–H groups in total. The summed E-state index contributed by atoms with van der Waals surface area (Å²) in [6.07, 6.45) is 6.70. The van der Waals surface area contributed by atoms with Crippen molar-refractivity contribution in [3.63, 3.8) is 0 Å². The summed E-state index contributed by atoms with van der Waals surface area (Å²) in [5, 5.41) is 16.9. The third kappa shape index (κ3) is 17.3. The minimum absolute atomic E-state index is 0.308. The SMILES string of the molecule is C=C(C)C(=O)OCC[N+](C)(C)Cc1ccccc1.CC(C)CCCCCCCOC(=O)C(C#N)C#N. The van der Waals surface area contributed by atoms with Crippen LogP contribution in [-0.4, -0.2) is 50.3 Å². The van der Waals surface area contributed by atoms with Gasteiger partial charge < -0.3 is 14.0 Å². The topological polar surface area (TPSA) is 100 Å². The van der Waals surface area contributed by atoms with Gasteiger partial charge in [-0.3, -0.25) is 0 Å². The van der Waals surface area contributed by atoms with Crippen LogP contribution in [0.25, 0.3) is 0 Å². The lowest BCUT2D eigenvalue weighted by atomic mass is 10.0. The second-order valence-electron chi connectivity index (χ2n) is 10.0. The molecular weight excluding hydrogens is 454 g/mol. The number of benzene rings is 1. The van der Waals surface area contributed by atoms with Crippen molar-refractivity contribution >= 4 is 11.9 Å². The highest BCUT2D eigenvalue weighted by Crippen LogP contribution is 2.11. The first-order chi connectivity index (χ1) is 17.0. The maximum Gasteiger partial charge on any atom is 0.338 e. The molecule has 0 radical (unpaired) electrons. The normalized spacial score (nSPS) is 10.6. The number of rotatable bonds is 15. The molecule has 0 aliphatic carbocycles. The molecule has 0 spiro atoms. The molecule has 0 aliphatic rings. The van der Waals surface area contributed by atoms with Crippen molar-refractivity contribution in [2.75, 3.05) is 33.9 Å². The lowest BCUT2D eigenvalue weighted by Crippen LogP contribution is -2.41. The summed E-state index contributed by atoms with van der Waals surface area (Å²) in [5.41, 5.74) is 1.73. The summed E-state index contributed by atoms with van der Waals surface area (Å²) in [4.78, 5) is 22.4. The van der Waals surface area contributed by atoms with Crippen molar-refractivity contribution in [3.05, 3.63) is 48.0 Å². The Morgan fingerprint density at radius 1 is 0.944 bits per heavy atom. The molecule has 0 bridgehead atoms. The van der Waals surface area contributed by atoms with Gasteiger partial charge in [0, 0.05) is 11.1 Å². The number of quaternary nitrogens is 1. The number of carbonyl (C=O) groups is 2. The molecule has 7 nitrogen and oxygen atoms in total. The van der Waals surface area contributed by atoms with E-state index in [1.807, 2.05) is 18.2 Å². The monoisotopic (exact) mass is 498 g/mol. The predicted octanol–water partition coefficient (Wildman–Crippen LogP) is 5.57. The number of nitriles is 2. The molecule has 0 unspecified atom stereocenters. The summed E-state index contributed by atoms with van der Waals surface area (Å²) in [7, 11) is 4.25. The van der Waals surface area contributed by atoms with Gasteiger partial charge >= 0.3 is 11.9 Å². The molecule has 0 aromatic heterocycles. The van der Waals surface area contributed by atoms with E-state index in [2.05, 4.69) is 46.7 Å². The fraction of sp³-hybridized carbons (Fsp3) is 0.586. The van der Waals surface area contributed by atoms with Crippen molar-refractivity contribution in [2.24, 2.45) is 11.8 Å². The summed E-state index contributed by atoms with van der Waals surface area (Å²) in [5.74, 6) is -1.55. The number of hydrogen-bond acceptors (Lipinski definition) is 6. The van der Waals surface area contributed by atoms with Crippen molar-refractivity contribution in [3.8, 4) is 12.1 Å². The van der Waals surface area contributed by atoms with Crippen molar-refractivity contribution in [2.45, 2.75) is 65.8 Å². The van der Waals surface area contributed by atoms with Gasteiger partial charge in [0.2, 0.25) is 5.92 Å². The average molecular weight is 499 g/mol. The first-order valence-corrected chi connectivity index (χ1v) is 12.7. The lowest BCUT2D eigenvalue weighted by molar-refractivity contribution is -0.903. The van der Waals surface area contributed by atoms with Crippen LogP contribution in [0.1, 0.15) is 64.9 Å². The van der Waals surface area contributed by atoms with Crippen LogP contribution in [0.4, 0.5) is 0 Å². The predicted molar refractivity (Wildman–Crippen MR) is 141 cm³/mol. The molecule has 1 aromatic rings. The molecule has 1 aromatic carbocycles. The third-order valence-electron chi connectivity index (χ3n) is 5.40. The van der Waals surface area contributed by atoms with Gasteiger partial charge in [-0.2, -0.15) is 10.5 Å².